The molecule has 1 unspecified atom stereocenters. The molecule has 0 spiro atoms. The molecule has 88 valence electrons. The largest absolute Gasteiger partial charge is 0.495 e. The van der Waals surface area contributed by atoms with Crippen LogP contribution >= 0.6 is 11.6 Å². The van der Waals surface area contributed by atoms with Crippen molar-refractivity contribution in [2.75, 3.05) is 20.2 Å². The molecule has 1 aliphatic heterocycles. The Kier molecular flexibility index (Phi) is 3.69. The highest BCUT2D eigenvalue weighted by Crippen LogP contribution is 2.26. The summed E-state index contributed by atoms with van der Waals surface area (Å²) in [6, 6.07) is 5.81. The van der Waals surface area contributed by atoms with Gasteiger partial charge in [-0.3, -0.25) is 4.90 Å². The van der Waals surface area contributed by atoms with Gasteiger partial charge in [-0.1, -0.05) is 17.7 Å². The van der Waals surface area contributed by atoms with E-state index in [0.717, 1.165) is 31.6 Å². The van der Waals surface area contributed by atoms with Gasteiger partial charge in [-0.2, -0.15) is 0 Å². The SMILES string of the molecule is COc1ccc(CN2CCC(O)C2)cc1Cl. The van der Waals surface area contributed by atoms with E-state index in [4.69, 9.17) is 16.3 Å². The Hall–Kier alpha value is -0.770. The van der Waals surface area contributed by atoms with Gasteiger partial charge in [-0.25, -0.2) is 0 Å². The van der Waals surface area contributed by atoms with Gasteiger partial charge in [-0.15, -0.1) is 0 Å². The number of hydrogen-bond donors (Lipinski definition) is 1. The third-order valence-electron chi connectivity index (χ3n) is 2.87. The number of ether oxygens (including phenoxy) is 1. The smallest absolute Gasteiger partial charge is 0.137 e. The molecular formula is C12H16ClNO2. The summed E-state index contributed by atoms with van der Waals surface area (Å²) in [6.45, 7) is 2.54. The Morgan fingerprint density at radius 1 is 1.56 bits per heavy atom. The number of methoxy groups -OCH3 is 1. The summed E-state index contributed by atoms with van der Waals surface area (Å²) in [7, 11) is 1.61. The van der Waals surface area contributed by atoms with Crippen LogP contribution in [0.25, 0.3) is 0 Å². The van der Waals surface area contributed by atoms with Crippen molar-refractivity contribution in [1.29, 1.82) is 0 Å². The Labute approximate surface area is 101 Å². The first kappa shape index (κ1) is 11.7. The fraction of sp³-hybridized carbons (Fsp3) is 0.500. The molecule has 1 aromatic carbocycles. The van der Waals surface area contributed by atoms with Crippen molar-refractivity contribution in [1.82, 2.24) is 4.90 Å². The van der Waals surface area contributed by atoms with Crippen LogP contribution in [0.5, 0.6) is 5.75 Å². The quantitative estimate of drug-likeness (QED) is 0.878. The van der Waals surface area contributed by atoms with Gasteiger partial charge in [-0.05, 0) is 24.1 Å². The van der Waals surface area contributed by atoms with Crippen LogP contribution in [0.2, 0.25) is 5.02 Å². The Morgan fingerprint density at radius 2 is 2.38 bits per heavy atom. The van der Waals surface area contributed by atoms with Crippen molar-refractivity contribution in [3.05, 3.63) is 28.8 Å². The molecule has 1 fully saturated rings. The molecule has 3 nitrogen and oxygen atoms in total. The molecule has 0 saturated carbocycles. The second-order valence-corrected chi connectivity index (χ2v) is 4.55. The normalized spacial score (nSPS) is 21.3. The standard InChI is InChI=1S/C12H16ClNO2/c1-16-12-3-2-9(6-11(12)13)7-14-5-4-10(15)8-14/h2-3,6,10,15H,4-5,7-8H2,1H3. The van der Waals surface area contributed by atoms with Gasteiger partial charge in [0.1, 0.15) is 5.75 Å². The number of likely N-dealkylation sites (tertiary alicyclic amines) is 1. The molecule has 1 N–H and O–H groups in total. The van der Waals surface area contributed by atoms with Crippen LogP contribution in [0.3, 0.4) is 0 Å². The minimum absolute atomic E-state index is 0.172. The lowest BCUT2D eigenvalue weighted by atomic mass is 10.2. The Bertz CT molecular complexity index is 370. The summed E-state index contributed by atoms with van der Waals surface area (Å²) < 4.78 is 5.10. The van der Waals surface area contributed by atoms with Gasteiger partial charge in [0.2, 0.25) is 0 Å². The molecular weight excluding hydrogens is 226 g/mol. The molecule has 4 heteroatoms. The molecule has 2 rings (SSSR count). The summed E-state index contributed by atoms with van der Waals surface area (Å²) in [6.07, 6.45) is 0.692. The van der Waals surface area contributed by atoms with Crippen molar-refractivity contribution >= 4 is 11.6 Å². The summed E-state index contributed by atoms with van der Waals surface area (Å²) in [4.78, 5) is 2.23. The van der Waals surface area contributed by atoms with Gasteiger partial charge >= 0.3 is 0 Å². The molecule has 1 saturated heterocycles. The molecule has 1 heterocycles. The topological polar surface area (TPSA) is 32.7 Å². The van der Waals surface area contributed by atoms with Gasteiger partial charge < -0.3 is 9.84 Å². The lowest BCUT2D eigenvalue weighted by molar-refractivity contribution is 0.175. The van der Waals surface area contributed by atoms with Gasteiger partial charge in [0.05, 0.1) is 18.2 Å². The van der Waals surface area contributed by atoms with Crippen LogP contribution in [0.4, 0.5) is 0 Å². The van der Waals surface area contributed by atoms with E-state index in [2.05, 4.69) is 4.90 Å². The average Bonchev–Trinajstić information content (AvgIpc) is 2.64. The molecule has 16 heavy (non-hydrogen) atoms. The average molecular weight is 242 g/mol. The van der Waals surface area contributed by atoms with Crippen molar-refractivity contribution < 1.29 is 9.84 Å². The van der Waals surface area contributed by atoms with E-state index < -0.39 is 0 Å². The second-order valence-electron chi connectivity index (χ2n) is 4.15. The summed E-state index contributed by atoms with van der Waals surface area (Å²) in [5.41, 5.74) is 1.15. The fourth-order valence-corrected chi connectivity index (χ4v) is 2.30. The second kappa shape index (κ2) is 5.04. The van der Waals surface area contributed by atoms with Crippen molar-refractivity contribution in [3.63, 3.8) is 0 Å². The van der Waals surface area contributed by atoms with E-state index in [9.17, 15) is 5.11 Å². The number of β-amino-alcohol motifs (C(OH)–C–C–N with tert-alkyl or cyclic N) is 1. The first-order chi connectivity index (χ1) is 7.69. The molecule has 0 bridgehead atoms. The van der Waals surface area contributed by atoms with Crippen molar-refractivity contribution in [2.45, 2.75) is 19.1 Å². The summed E-state index contributed by atoms with van der Waals surface area (Å²) >= 11 is 6.05. The van der Waals surface area contributed by atoms with Gasteiger partial charge in [0, 0.05) is 19.6 Å². The number of aliphatic hydroxyl groups excluding tert-OH is 1. The maximum absolute atomic E-state index is 9.43. The Balaban J connectivity index is 2.02. The van der Waals surface area contributed by atoms with E-state index in [-0.39, 0.29) is 6.10 Å². The number of aliphatic hydroxyl groups is 1. The minimum atomic E-state index is -0.172. The third-order valence-corrected chi connectivity index (χ3v) is 3.17. The molecule has 1 aliphatic rings. The zero-order valence-electron chi connectivity index (χ0n) is 9.32. The minimum Gasteiger partial charge on any atom is -0.495 e. The third kappa shape index (κ3) is 2.67. The lowest BCUT2D eigenvalue weighted by Crippen LogP contribution is -2.21. The van der Waals surface area contributed by atoms with Gasteiger partial charge in [0.25, 0.3) is 0 Å². The molecule has 0 aliphatic carbocycles. The van der Waals surface area contributed by atoms with Crippen LogP contribution < -0.4 is 4.74 Å². The van der Waals surface area contributed by atoms with Crippen molar-refractivity contribution in [2.24, 2.45) is 0 Å². The van der Waals surface area contributed by atoms with E-state index in [0.29, 0.717) is 10.8 Å². The van der Waals surface area contributed by atoms with Crippen molar-refractivity contribution in [3.8, 4) is 5.75 Å². The molecule has 0 amide bonds. The van der Waals surface area contributed by atoms with E-state index in [1.807, 2.05) is 18.2 Å². The molecule has 0 radical (unpaired) electrons. The molecule has 1 aromatic rings. The summed E-state index contributed by atoms with van der Waals surface area (Å²) in [5.74, 6) is 0.701. The highest BCUT2D eigenvalue weighted by molar-refractivity contribution is 6.32. The van der Waals surface area contributed by atoms with E-state index in [1.165, 1.54) is 0 Å². The fourth-order valence-electron chi connectivity index (χ4n) is 2.02. The summed E-state index contributed by atoms with van der Waals surface area (Å²) in [5, 5.41) is 10.1. The number of benzene rings is 1. The van der Waals surface area contributed by atoms with Gasteiger partial charge in [0.15, 0.2) is 0 Å². The molecule has 0 aromatic heterocycles. The first-order valence-corrected chi connectivity index (χ1v) is 5.79. The van der Waals surface area contributed by atoms with E-state index in [1.54, 1.807) is 7.11 Å². The van der Waals surface area contributed by atoms with Crippen LogP contribution in [0.1, 0.15) is 12.0 Å². The zero-order valence-corrected chi connectivity index (χ0v) is 10.1. The first-order valence-electron chi connectivity index (χ1n) is 5.42. The number of rotatable bonds is 3. The van der Waals surface area contributed by atoms with Crippen LogP contribution in [-0.2, 0) is 6.54 Å². The van der Waals surface area contributed by atoms with Crippen LogP contribution in [0.15, 0.2) is 18.2 Å². The number of halogens is 1. The monoisotopic (exact) mass is 241 g/mol. The maximum Gasteiger partial charge on any atom is 0.137 e. The van der Waals surface area contributed by atoms with E-state index >= 15 is 0 Å². The van der Waals surface area contributed by atoms with Crippen LogP contribution in [0, 0.1) is 0 Å². The Morgan fingerprint density at radius 3 is 2.94 bits per heavy atom. The van der Waals surface area contributed by atoms with Crippen LogP contribution in [-0.4, -0.2) is 36.3 Å². The number of nitrogens with zero attached hydrogens (tertiary/aromatic N) is 1. The zero-order chi connectivity index (χ0) is 11.5. The maximum atomic E-state index is 9.43. The predicted molar refractivity (Wildman–Crippen MR) is 63.9 cm³/mol. The number of hydrogen-bond acceptors (Lipinski definition) is 3. The predicted octanol–water partition coefficient (Wildman–Crippen LogP) is 1.92. The highest BCUT2D eigenvalue weighted by Gasteiger charge is 2.20. The molecule has 1 atom stereocenters. The highest BCUT2D eigenvalue weighted by atomic mass is 35.5. The lowest BCUT2D eigenvalue weighted by Gasteiger charge is -2.15.